The molecule has 1 aliphatic rings. The summed E-state index contributed by atoms with van der Waals surface area (Å²) in [5.41, 5.74) is 0.278. The average molecular weight is 424 g/mol. The third-order valence-electron chi connectivity index (χ3n) is 5.67. The Balaban J connectivity index is 1.52. The van der Waals surface area contributed by atoms with Crippen LogP contribution in [0.3, 0.4) is 0 Å². The number of carbonyl (C=O) groups excluding carboxylic acids is 1. The van der Waals surface area contributed by atoms with Gasteiger partial charge in [0.05, 0.1) is 17.2 Å². The SMILES string of the molecule is CC(C)n1cnc2cc(N3CCN(C(=O)c4c[nH]c(=O)n(C)c4=O)CC3)ccc2c1=O. The normalized spacial score (nSPS) is 14.5. The molecule has 0 unspecified atom stereocenters. The predicted molar refractivity (Wildman–Crippen MR) is 117 cm³/mol. The van der Waals surface area contributed by atoms with Crippen LogP contribution in [0.4, 0.5) is 5.69 Å². The van der Waals surface area contributed by atoms with Gasteiger partial charge in [0.25, 0.3) is 17.0 Å². The minimum absolute atomic E-state index is 0.0361. The first kappa shape index (κ1) is 20.6. The van der Waals surface area contributed by atoms with Gasteiger partial charge in [-0.15, -0.1) is 0 Å². The van der Waals surface area contributed by atoms with E-state index in [9.17, 15) is 19.2 Å². The number of amides is 1. The number of nitrogens with one attached hydrogen (secondary N) is 1. The second kappa shape index (κ2) is 7.86. The van der Waals surface area contributed by atoms with Crippen molar-refractivity contribution < 1.29 is 4.79 Å². The second-order valence-corrected chi connectivity index (χ2v) is 7.90. The molecule has 10 nitrogen and oxygen atoms in total. The van der Waals surface area contributed by atoms with Gasteiger partial charge in [-0.05, 0) is 32.0 Å². The number of anilines is 1. The fraction of sp³-hybridized carbons (Fsp3) is 0.381. The monoisotopic (exact) mass is 424 g/mol. The third-order valence-corrected chi connectivity index (χ3v) is 5.67. The lowest BCUT2D eigenvalue weighted by atomic mass is 10.1. The van der Waals surface area contributed by atoms with Crippen LogP contribution in [0.5, 0.6) is 0 Å². The van der Waals surface area contributed by atoms with Crippen molar-refractivity contribution in [1.82, 2.24) is 24.0 Å². The summed E-state index contributed by atoms with van der Waals surface area (Å²) in [5.74, 6) is -0.397. The van der Waals surface area contributed by atoms with Crippen LogP contribution in [0.1, 0.15) is 30.2 Å². The summed E-state index contributed by atoms with van der Waals surface area (Å²) in [6.45, 7) is 5.89. The van der Waals surface area contributed by atoms with Gasteiger partial charge in [0.2, 0.25) is 0 Å². The molecule has 3 heterocycles. The maximum Gasteiger partial charge on any atom is 0.328 e. The molecule has 0 atom stereocenters. The maximum atomic E-state index is 12.8. The van der Waals surface area contributed by atoms with Crippen molar-refractivity contribution in [2.24, 2.45) is 7.05 Å². The molecule has 1 aromatic carbocycles. The van der Waals surface area contributed by atoms with Gasteiger partial charge >= 0.3 is 5.69 Å². The van der Waals surface area contributed by atoms with E-state index in [1.807, 2.05) is 26.0 Å². The van der Waals surface area contributed by atoms with Gasteiger partial charge in [0, 0.05) is 51.2 Å². The van der Waals surface area contributed by atoms with E-state index < -0.39 is 17.2 Å². The Morgan fingerprint density at radius 1 is 1.06 bits per heavy atom. The Kier molecular flexibility index (Phi) is 5.22. The van der Waals surface area contributed by atoms with Gasteiger partial charge in [-0.2, -0.15) is 0 Å². The number of piperazine rings is 1. The fourth-order valence-corrected chi connectivity index (χ4v) is 3.74. The Morgan fingerprint density at radius 3 is 2.45 bits per heavy atom. The van der Waals surface area contributed by atoms with Gasteiger partial charge in [-0.1, -0.05) is 0 Å². The van der Waals surface area contributed by atoms with Crippen molar-refractivity contribution in [3.8, 4) is 0 Å². The first-order valence-electron chi connectivity index (χ1n) is 10.1. The van der Waals surface area contributed by atoms with E-state index in [1.54, 1.807) is 21.9 Å². The minimum Gasteiger partial charge on any atom is -0.368 e. The number of H-pyrrole nitrogens is 1. The summed E-state index contributed by atoms with van der Waals surface area (Å²) < 4.78 is 2.49. The van der Waals surface area contributed by atoms with Crippen molar-refractivity contribution in [3.05, 3.63) is 67.5 Å². The molecular formula is C21H24N6O4. The molecule has 10 heteroatoms. The van der Waals surface area contributed by atoms with E-state index in [2.05, 4.69) is 14.9 Å². The van der Waals surface area contributed by atoms with Gasteiger partial charge in [0.15, 0.2) is 0 Å². The lowest BCUT2D eigenvalue weighted by Crippen LogP contribution is -2.50. The third kappa shape index (κ3) is 3.65. The zero-order valence-corrected chi connectivity index (χ0v) is 17.7. The maximum absolute atomic E-state index is 12.8. The van der Waals surface area contributed by atoms with E-state index in [0.29, 0.717) is 37.1 Å². The van der Waals surface area contributed by atoms with Crippen LogP contribution in [0.2, 0.25) is 0 Å². The van der Waals surface area contributed by atoms with Crippen molar-refractivity contribution in [3.63, 3.8) is 0 Å². The largest absolute Gasteiger partial charge is 0.368 e. The highest BCUT2D eigenvalue weighted by atomic mass is 16.2. The molecule has 1 amide bonds. The number of aromatic nitrogens is 4. The number of hydrogen-bond acceptors (Lipinski definition) is 6. The molecule has 3 aromatic rings. The number of benzene rings is 1. The molecule has 4 rings (SSSR count). The average Bonchev–Trinajstić information content (AvgIpc) is 2.77. The molecule has 1 aliphatic heterocycles. The van der Waals surface area contributed by atoms with E-state index in [4.69, 9.17) is 0 Å². The predicted octanol–water partition coefficient (Wildman–Crippen LogP) is 0.327. The van der Waals surface area contributed by atoms with Crippen LogP contribution in [-0.2, 0) is 7.05 Å². The lowest BCUT2D eigenvalue weighted by molar-refractivity contribution is 0.0743. The summed E-state index contributed by atoms with van der Waals surface area (Å²) in [7, 11) is 1.33. The first-order valence-corrected chi connectivity index (χ1v) is 10.1. The van der Waals surface area contributed by atoms with Crippen LogP contribution >= 0.6 is 0 Å². The Bertz CT molecular complexity index is 1330. The molecule has 1 saturated heterocycles. The van der Waals surface area contributed by atoms with Crippen LogP contribution in [0.25, 0.3) is 10.9 Å². The quantitative estimate of drug-likeness (QED) is 0.648. The Morgan fingerprint density at radius 2 is 1.77 bits per heavy atom. The van der Waals surface area contributed by atoms with Crippen LogP contribution in [-0.4, -0.2) is 56.1 Å². The van der Waals surface area contributed by atoms with E-state index in [-0.39, 0.29) is 17.2 Å². The molecule has 0 spiro atoms. The van der Waals surface area contributed by atoms with Gasteiger partial charge in [0.1, 0.15) is 5.56 Å². The number of aromatic amines is 1. The van der Waals surface area contributed by atoms with Crippen LogP contribution in [0, 0.1) is 0 Å². The highest BCUT2D eigenvalue weighted by Crippen LogP contribution is 2.21. The number of hydrogen-bond donors (Lipinski definition) is 1. The summed E-state index contributed by atoms with van der Waals surface area (Å²) in [6.07, 6.45) is 2.75. The van der Waals surface area contributed by atoms with Gasteiger partial charge in [-0.25, -0.2) is 9.78 Å². The number of rotatable bonds is 3. The molecule has 1 fully saturated rings. The molecule has 162 valence electrons. The molecule has 31 heavy (non-hydrogen) atoms. The van der Waals surface area contributed by atoms with E-state index in [1.165, 1.54) is 13.2 Å². The summed E-state index contributed by atoms with van der Waals surface area (Å²) in [4.78, 5) is 59.6. The topological polar surface area (TPSA) is 113 Å². The number of nitrogens with zero attached hydrogens (tertiary/aromatic N) is 5. The van der Waals surface area contributed by atoms with Crippen molar-refractivity contribution in [1.29, 1.82) is 0 Å². The molecule has 2 aromatic heterocycles. The number of carbonyl (C=O) groups is 1. The van der Waals surface area contributed by atoms with Gasteiger partial charge < -0.3 is 14.8 Å². The Hall–Kier alpha value is -3.69. The van der Waals surface area contributed by atoms with Crippen molar-refractivity contribution in [2.45, 2.75) is 19.9 Å². The molecule has 0 radical (unpaired) electrons. The van der Waals surface area contributed by atoms with Crippen molar-refractivity contribution >= 4 is 22.5 Å². The van der Waals surface area contributed by atoms with Crippen LogP contribution in [0.15, 0.2) is 45.1 Å². The minimum atomic E-state index is -0.608. The number of fused-ring (bicyclic) bond motifs is 1. The summed E-state index contributed by atoms with van der Waals surface area (Å²) >= 11 is 0. The lowest BCUT2D eigenvalue weighted by Gasteiger charge is -2.36. The summed E-state index contributed by atoms with van der Waals surface area (Å²) in [5, 5.41) is 0.572. The zero-order valence-electron chi connectivity index (χ0n) is 17.7. The molecule has 0 aliphatic carbocycles. The first-order chi connectivity index (χ1) is 14.8. The summed E-state index contributed by atoms with van der Waals surface area (Å²) in [6, 6.07) is 5.61. The van der Waals surface area contributed by atoms with E-state index in [0.717, 1.165) is 10.3 Å². The molecular weight excluding hydrogens is 400 g/mol. The highest BCUT2D eigenvalue weighted by molar-refractivity contribution is 5.93. The zero-order chi connectivity index (χ0) is 22.3. The Labute approximate surface area is 177 Å². The standard InChI is InChI=1S/C21H24N6O4/c1-13(2)27-12-23-17-10-14(4-5-15(17)20(27)30)25-6-8-26(9-7-25)19(29)16-11-22-21(31)24(3)18(16)28/h4-5,10-13H,6-9H2,1-3H3,(H,22,31). The van der Waals surface area contributed by atoms with E-state index >= 15 is 0 Å². The van der Waals surface area contributed by atoms with Gasteiger partial charge in [-0.3, -0.25) is 23.5 Å². The molecule has 0 bridgehead atoms. The van der Waals surface area contributed by atoms with Crippen molar-refractivity contribution in [2.75, 3.05) is 31.1 Å². The molecule has 0 saturated carbocycles. The molecule has 1 N–H and O–H groups in total. The highest BCUT2D eigenvalue weighted by Gasteiger charge is 2.25. The fourth-order valence-electron chi connectivity index (χ4n) is 3.74. The van der Waals surface area contributed by atoms with Crippen LogP contribution < -0.4 is 21.7 Å². The smallest absolute Gasteiger partial charge is 0.328 e. The second-order valence-electron chi connectivity index (χ2n) is 7.90.